The van der Waals surface area contributed by atoms with E-state index in [-0.39, 0.29) is 0 Å². The lowest BCUT2D eigenvalue weighted by atomic mass is 10.1. The maximum absolute atomic E-state index is 5.26. The second kappa shape index (κ2) is 5.73. The number of aromatic nitrogens is 2. The molecule has 0 N–H and O–H groups in total. The highest BCUT2D eigenvalue weighted by Gasteiger charge is 2.14. The highest BCUT2D eigenvalue weighted by atomic mass is 32.1. The van der Waals surface area contributed by atoms with Gasteiger partial charge in [-0.3, -0.25) is 0 Å². The molecule has 0 aliphatic heterocycles. The summed E-state index contributed by atoms with van der Waals surface area (Å²) in [6.45, 7) is 6.57. The largest absolute Gasteiger partial charge is 0.497 e. The Bertz CT molecular complexity index is 774. The quantitative estimate of drug-likeness (QED) is 0.684. The average Bonchev–Trinajstić information content (AvgIpc) is 3.01. The minimum Gasteiger partial charge on any atom is -0.497 e. The van der Waals surface area contributed by atoms with Crippen LogP contribution in [0.1, 0.15) is 24.4 Å². The number of hydrogen-bond donors (Lipinski definition) is 0. The maximum Gasteiger partial charge on any atom is 0.153 e. The second-order valence-corrected chi connectivity index (χ2v) is 7.59. The summed E-state index contributed by atoms with van der Waals surface area (Å²) in [5.41, 5.74) is 2.12. The molecule has 3 nitrogen and oxygen atoms in total. The number of hydrogen-bond acceptors (Lipinski definition) is 5. The van der Waals surface area contributed by atoms with E-state index in [1.54, 1.807) is 29.8 Å². The molecule has 3 rings (SSSR count). The van der Waals surface area contributed by atoms with E-state index in [1.165, 1.54) is 9.58 Å². The second-order valence-electron chi connectivity index (χ2n) is 5.48. The molecule has 0 spiro atoms. The van der Waals surface area contributed by atoms with E-state index in [1.807, 2.05) is 12.1 Å². The van der Waals surface area contributed by atoms with Crippen molar-refractivity contribution in [3.8, 4) is 15.8 Å². The van der Waals surface area contributed by atoms with Gasteiger partial charge in [-0.2, -0.15) is 0 Å². The highest BCUT2D eigenvalue weighted by molar-refractivity contribution is 7.25. The van der Waals surface area contributed by atoms with Crippen LogP contribution in [0, 0.1) is 12.8 Å². The van der Waals surface area contributed by atoms with Gasteiger partial charge in [-0.05, 0) is 31.4 Å². The van der Waals surface area contributed by atoms with Crippen molar-refractivity contribution in [1.29, 1.82) is 0 Å². The first-order chi connectivity index (χ1) is 10.1. The zero-order chi connectivity index (χ0) is 15.0. The Kier molecular flexibility index (Phi) is 3.95. The molecule has 1 aromatic carbocycles. The number of fused-ring (bicyclic) bond motifs is 1. The minimum atomic E-state index is 0.650. The molecule has 0 bridgehead atoms. The number of rotatable bonds is 4. The minimum absolute atomic E-state index is 0.650. The molecule has 2 aromatic heterocycles. The normalized spacial score (nSPS) is 11.5. The van der Waals surface area contributed by atoms with E-state index in [4.69, 9.17) is 14.7 Å². The van der Waals surface area contributed by atoms with Crippen molar-refractivity contribution in [3.05, 3.63) is 28.8 Å². The summed E-state index contributed by atoms with van der Waals surface area (Å²) >= 11 is 3.46. The van der Waals surface area contributed by atoms with Gasteiger partial charge in [-0.25, -0.2) is 9.97 Å². The Hall–Kier alpha value is -1.46. The third-order valence-corrected chi connectivity index (χ3v) is 5.62. The van der Waals surface area contributed by atoms with Gasteiger partial charge in [0.05, 0.1) is 23.0 Å². The number of ether oxygens (including phenoxy) is 1. The molecule has 0 aliphatic rings. The third-order valence-electron chi connectivity index (χ3n) is 3.26. The molecule has 0 atom stereocenters. The van der Waals surface area contributed by atoms with Gasteiger partial charge in [0.25, 0.3) is 0 Å². The van der Waals surface area contributed by atoms with Gasteiger partial charge in [0.2, 0.25) is 0 Å². The van der Waals surface area contributed by atoms with Gasteiger partial charge in [-0.15, -0.1) is 22.7 Å². The Morgan fingerprint density at radius 2 is 1.90 bits per heavy atom. The number of benzene rings is 1. The van der Waals surface area contributed by atoms with Crippen LogP contribution in [0.15, 0.2) is 18.2 Å². The van der Waals surface area contributed by atoms with Crippen molar-refractivity contribution in [2.24, 2.45) is 5.92 Å². The first-order valence-electron chi connectivity index (χ1n) is 6.98. The van der Waals surface area contributed by atoms with E-state index >= 15 is 0 Å². The van der Waals surface area contributed by atoms with Crippen molar-refractivity contribution in [3.63, 3.8) is 0 Å². The van der Waals surface area contributed by atoms with Crippen molar-refractivity contribution in [2.45, 2.75) is 27.2 Å². The highest BCUT2D eigenvalue weighted by Crippen LogP contribution is 2.35. The molecule has 5 heteroatoms. The molecule has 21 heavy (non-hydrogen) atoms. The first kappa shape index (κ1) is 14.5. The fourth-order valence-electron chi connectivity index (χ4n) is 2.21. The summed E-state index contributed by atoms with van der Waals surface area (Å²) in [5.74, 6) is 1.49. The fourth-order valence-corrected chi connectivity index (χ4v) is 4.44. The van der Waals surface area contributed by atoms with Crippen LogP contribution >= 0.6 is 22.7 Å². The molecule has 0 amide bonds. The summed E-state index contributed by atoms with van der Waals surface area (Å²) in [6, 6.07) is 6.01. The van der Waals surface area contributed by atoms with Crippen molar-refractivity contribution >= 4 is 32.9 Å². The van der Waals surface area contributed by atoms with Gasteiger partial charge in [0, 0.05) is 10.9 Å². The Morgan fingerprint density at radius 3 is 2.62 bits per heavy atom. The molecule has 2 heterocycles. The standard InChI is InChI=1S/C16H18N2OS2/c1-9(2)7-14-10(3)17-15(21-14)16-18-12-8-11(19-4)5-6-13(12)20-16/h5-6,8-9H,7H2,1-4H3. The van der Waals surface area contributed by atoms with Gasteiger partial charge in [-0.1, -0.05) is 13.8 Å². The molecule has 110 valence electrons. The number of thiazole rings is 2. The van der Waals surface area contributed by atoms with Gasteiger partial charge < -0.3 is 4.74 Å². The van der Waals surface area contributed by atoms with Crippen LogP contribution in [-0.4, -0.2) is 17.1 Å². The molecule has 3 aromatic rings. The van der Waals surface area contributed by atoms with Crippen molar-refractivity contribution in [2.75, 3.05) is 7.11 Å². The van der Waals surface area contributed by atoms with Crippen LogP contribution in [0.3, 0.4) is 0 Å². The van der Waals surface area contributed by atoms with Crippen LogP contribution in [0.5, 0.6) is 5.75 Å². The van der Waals surface area contributed by atoms with Crippen LogP contribution in [-0.2, 0) is 6.42 Å². The summed E-state index contributed by atoms with van der Waals surface area (Å²) in [5, 5.41) is 2.03. The topological polar surface area (TPSA) is 35.0 Å². The number of nitrogens with zero attached hydrogens (tertiary/aromatic N) is 2. The summed E-state index contributed by atoms with van der Waals surface area (Å²) in [7, 11) is 1.68. The average molecular weight is 318 g/mol. The van der Waals surface area contributed by atoms with Crippen molar-refractivity contribution in [1.82, 2.24) is 9.97 Å². The SMILES string of the molecule is COc1ccc2sc(-c3nc(C)c(CC(C)C)s3)nc2c1. The fraction of sp³-hybridized carbons (Fsp3) is 0.375. The molecule has 0 saturated carbocycles. The van der Waals surface area contributed by atoms with E-state index in [0.717, 1.165) is 33.4 Å². The Morgan fingerprint density at radius 1 is 1.14 bits per heavy atom. The Labute approximate surface area is 132 Å². The molecule has 0 saturated heterocycles. The molecular formula is C16H18N2OS2. The third kappa shape index (κ3) is 2.94. The van der Waals surface area contributed by atoms with Crippen LogP contribution in [0.2, 0.25) is 0 Å². The summed E-state index contributed by atoms with van der Waals surface area (Å²) in [4.78, 5) is 10.8. The first-order valence-corrected chi connectivity index (χ1v) is 8.61. The van der Waals surface area contributed by atoms with Crippen molar-refractivity contribution < 1.29 is 4.74 Å². The Balaban J connectivity index is 2.00. The maximum atomic E-state index is 5.26. The summed E-state index contributed by atoms with van der Waals surface area (Å²) < 4.78 is 6.43. The number of methoxy groups -OCH3 is 1. The lowest BCUT2D eigenvalue weighted by Gasteiger charge is -2.00. The van der Waals surface area contributed by atoms with Crippen LogP contribution in [0.4, 0.5) is 0 Å². The smallest absolute Gasteiger partial charge is 0.153 e. The van der Waals surface area contributed by atoms with Crippen LogP contribution in [0.25, 0.3) is 20.2 Å². The van der Waals surface area contributed by atoms with Gasteiger partial charge in [0.1, 0.15) is 5.75 Å². The predicted molar refractivity (Wildman–Crippen MR) is 90.6 cm³/mol. The molecule has 0 fully saturated rings. The summed E-state index contributed by atoms with van der Waals surface area (Å²) in [6.07, 6.45) is 1.09. The molecule has 0 aliphatic carbocycles. The van der Waals surface area contributed by atoms with Crippen LogP contribution < -0.4 is 4.74 Å². The van der Waals surface area contributed by atoms with Gasteiger partial charge >= 0.3 is 0 Å². The lowest BCUT2D eigenvalue weighted by molar-refractivity contribution is 0.415. The van der Waals surface area contributed by atoms with E-state index in [9.17, 15) is 0 Å². The zero-order valence-corrected chi connectivity index (χ0v) is 14.3. The lowest BCUT2D eigenvalue weighted by Crippen LogP contribution is -1.92. The zero-order valence-electron chi connectivity index (χ0n) is 12.6. The van der Waals surface area contributed by atoms with E-state index < -0.39 is 0 Å². The number of aryl methyl sites for hydroxylation is 1. The van der Waals surface area contributed by atoms with E-state index in [0.29, 0.717) is 5.92 Å². The molecule has 0 radical (unpaired) electrons. The molecule has 0 unspecified atom stereocenters. The molecular weight excluding hydrogens is 300 g/mol. The van der Waals surface area contributed by atoms with Gasteiger partial charge in [0.15, 0.2) is 10.0 Å². The van der Waals surface area contributed by atoms with E-state index in [2.05, 4.69) is 26.8 Å². The monoisotopic (exact) mass is 318 g/mol. The predicted octanol–water partition coefficient (Wildman–Crippen LogP) is 4.94.